The second kappa shape index (κ2) is 13.7. The monoisotopic (exact) mass is 536 g/mol. The number of nitrogens with one attached hydrogen (secondary N) is 2. The minimum Gasteiger partial charge on any atom is -0.444 e. The van der Waals surface area contributed by atoms with Gasteiger partial charge in [-0.3, -0.25) is 9.67 Å². The fourth-order valence-electron chi connectivity index (χ4n) is 2.91. The number of amides is 1. The highest BCUT2D eigenvalue weighted by atomic mass is 127. The molecule has 30 heavy (non-hydrogen) atoms. The van der Waals surface area contributed by atoms with Crippen molar-refractivity contribution >= 4 is 36.0 Å². The van der Waals surface area contributed by atoms with Gasteiger partial charge in [-0.05, 0) is 45.1 Å². The van der Waals surface area contributed by atoms with Crippen LogP contribution in [0.15, 0.2) is 23.5 Å². The Hall–Kier alpha value is -1.52. The van der Waals surface area contributed by atoms with E-state index < -0.39 is 5.60 Å². The zero-order valence-corrected chi connectivity index (χ0v) is 22.1. The molecule has 174 valence electrons. The van der Waals surface area contributed by atoms with Crippen LogP contribution in [0.25, 0.3) is 0 Å². The lowest BCUT2D eigenvalue weighted by atomic mass is 10.0. The maximum Gasteiger partial charge on any atom is 0.407 e. The third-order valence-electron chi connectivity index (χ3n) is 4.52. The molecule has 0 saturated heterocycles. The van der Waals surface area contributed by atoms with Gasteiger partial charge < -0.3 is 20.3 Å². The molecule has 0 aliphatic carbocycles. The second-order valence-corrected chi connectivity index (χ2v) is 8.97. The number of hydrogen-bond acceptors (Lipinski definition) is 4. The van der Waals surface area contributed by atoms with E-state index in [1.807, 2.05) is 44.8 Å². The van der Waals surface area contributed by atoms with Gasteiger partial charge in [0.1, 0.15) is 5.60 Å². The van der Waals surface area contributed by atoms with Gasteiger partial charge >= 0.3 is 6.09 Å². The summed E-state index contributed by atoms with van der Waals surface area (Å²) in [5, 5.41) is 10.7. The van der Waals surface area contributed by atoms with Crippen molar-refractivity contribution in [3.8, 4) is 0 Å². The summed E-state index contributed by atoms with van der Waals surface area (Å²) in [6.07, 6.45) is 4.20. The predicted molar refractivity (Wildman–Crippen MR) is 133 cm³/mol. The highest BCUT2D eigenvalue weighted by Crippen LogP contribution is 2.11. The lowest BCUT2D eigenvalue weighted by molar-refractivity contribution is 0.0486. The Balaban J connectivity index is 0.00000841. The van der Waals surface area contributed by atoms with Crippen LogP contribution in [0.1, 0.15) is 48.0 Å². The maximum atomic E-state index is 12.1. The van der Waals surface area contributed by atoms with E-state index in [1.165, 1.54) is 0 Å². The highest BCUT2D eigenvalue weighted by Gasteiger charge is 2.22. The molecule has 0 aromatic carbocycles. The number of alkyl carbamates (subject to hydrolysis) is 1. The summed E-state index contributed by atoms with van der Waals surface area (Å²) >= 11 is 0. The van der Waals surface area contributed by atoms with E-state index in [2.05, 4.69) is 46.4 Å². The molecular formula is C21H41IN6O2. The predicted octanol–water partition coefficient (Wildman–Crippen LogP) is 3.58. The maximum absolute atomic E-state index is 12.1. The lowest BCUT2D eigenvalue weighted by Gasteiger charge is -2.29. The van der Waals surface area contributed by atoms with Crippen LogP contribution in [-0.4, -0.2) is 65.6 Å². The number of hydrogen-bond donors (Lipinski definition) is 2. The van der Waals surface area contributed by atoms with E-state index in [0.29, 0.717) is 11.8 Å². The summed E-state index contributed by atoms with van der Waals surface area (Å²) < 4.78 is 7.33. The van der Waals surface area contributed by atoms with Crippen LogP contribution in [0.2, 0.25) is 0 Å². The van der Waals surface area contributed by atoms with Gasteiger partial charge in [-0.1, -0.05) is 20.8 Å². The van der Waals surface area contributed by atoms with Gasteiger partial charge in [-0.2, -0.15) is 5.10 Å². The Labute approximate surface area is 199 Å². The Morgan fingerprint density at radius 3 is 2.47 bits per heavy atom. The molecule has 0 fully saturated rings. The molecule has 0 spiro atoms. The zero-order valence-electron chi connectivity index (χ0n) is 19.8. The number of guanidine groups is 1. The molecule has 1 heterocycles. The molecule has 1 amide bonds. The topological polar surface area (TPSA) is 83.8 Å². The van der Waals surface area contributed by atoms with Crippen molar-refractivity contribution in [2.75, 3.05) is 27.2 Å². The molecule has 0 saturated carbocycles. The summed E-state index contributed by atoms with van der Waals surface area (Å²) in [4.78, 5) is 18.6. The summed E-state index contributed by atoms with van der Waals surface area (Å²) in [7, 11) is 3.80. The summed E-state index contributed by atoms with van der Waals surface area (Å²) in [5.74, 6) is 1.56. The number of rotatable bonds is 9. The zero-order chi connectivity index (χ0) is 22.0. The largest absolute Gasteiger partial charge is 0.444 e. The van der Waals surface area contributed by atoms with E-state index in [1.54, 1.807) is 13.2 Å². The van der Waals surface area contributed by atoms with Crippen molar-refractivity contribution < 1.29 is 9.53 Å². The molecule has 2 N–H and O–H groups in total. The molecule has 0 aliphatic rings. The number of ether oxygens (including phenoxy) is 1. The normalized spacial score (nSPS) is 14.0. The first-order valence-electron chi connectivity index (χ1n) is 10.4. The fourth-order valence-corrected chi connectivity index (χ4v) is 2.91. The standard InChI is InChI=1S/C21H40N6O2.HI/c1-16(2)18(25-20(28)29-21(4,5)6)10-13-26(8)19(22-7)23-14-17(3)15-27-12-9-11-24-27;/h9,11-12,16-18H,10,13-15H2,1-8H3,(H,22,23)(H,25,28);1H. The quantitative estimate of drug-likeness (QED) is 0.287. The number of aromatic nitrogens is 2. The molecule has 9 heteroatoms. The minimum absolute atomic E-state index is 0. The Bertz CT molecular complexity index is 628. The van der Waals surface area contributed by atoms with E-state index in [0.717, 1.165) is 32.0 Å². The van der Waals surface area contributed by atoms with Crippen LogP contribution in [0.4, 0.5) is 4.79 Å². The molecule has 1 rings (SSSR count). The molecule has 0 radical (unpaired) electrons. The highest BCUT2D eigenvalue weighted by molar-refractivity contribution is 14.0. The van der Waals surface area contributed by atoms with Crippen molar-refractivity contribution in [1.82, 2.24) is 25.3 Å². The third-order valence-corrected chi connectivity index (χ3v) is 4.52. The summed E-state index contributed by atoms with van der Waals surface area (Å²) in [5.41, 5.74) is -0.499. The van der Waals surface area contributed by atoms with Crippen LogP contribution < -0.4 is 10.6 Å². The van der Waals surface area contributed by atoms with Gasteiger partial charge in [0.25, 0.3) is 0 Å². The lowest BCUT2D eigenvalue weighted by Crippen LogP contribution is -2.46. The van der Waals surface area contributed by atoms with Crippen molar-refractivity contribution in [3.63, 3.8) is 0 Å². The molecule has 2 atom stereocenters. The smallest absolute Gasteiger partial charge is 0.407 e. The number of halogens is 1. The Morgan fingerprint density at radius 2 is 1.97 bits per heavy atom. The van der Waals surface area contributed by atoms with E-state index in [4.69, 9.17) is 4.74 Å². The first-order chi connectivity index (χ1) is 13.5. The van der Waals surface area contributed by atoms with Gasteiger partial charge in [0, 0.05) is 52.2 Å². The molecular weight excluding hydrogens is 495 g/mol. The number of nitrogens with zero attached hydrogens (tertiary/aromatic N) is 4. The van der Waals surface area contributed by atoms with E-state index in [-0.39, 0.29) is 36.1 Å². The molecule has 0 bridgehead atoms. The fraction of sp³-hybridized carbons (Fsp3) is 0.762. The van der Waals surface area contributed by atoms with Gasteiger partial charge in [0.05, 0.1) is 0 Å². The number of carbonyl (C=O) groups is 1. The van der Waals surface area contributed by atoms with Crippen LogP contribution in [0.5, 0.6) is 0 Å². The van der Waals surface area contributed by atoms with Gasteiger partial charge in [0.15, 0.2) is 5.96 Å². The van der Waals surface area contributed by atoms with Crippen molar-refractivity contribution in [1.29, 1.82) is 0 Å². The van der Waals surface area contributed by atoms with E-state index >= 15 is 0 Å². The minimum atomic E-state index is -0.499. The van der Waals surface area contributed by atoms with Crippen LogP contribution >= 0.6 is 24.0 Å². The third kappa shape index (κ3) is 11.6. The van der Waals surface area contributed by atoms with E-state index in [9.17, 15) is 4.79 Å². The first-order valence-corrected chi connectivity index (χ1v) is 10.4. The first kappa shape index (κ1) is 28.5. The molecule has 1 aromatic rings. The summed E-state index contributed by atoms with van der Waals surface area (Å²) in [6.45, 7) is 14.4. The average Bonchev–Trinajstić information content (AvgIpc) is 3.10. The SMILES string of the molecule is CN=C(NCC(C)Cn1cccn1)N(C)CCC(NC(=O)OC(C)(C)C)C(C)C.I. The second-order valence-electron chi connectivity index (χ2n) is 8.97. The van der Waals surface area contributed by atoms with Gasteiger partial charge in [0.2, 0.25) is 0 Å². The number of carbonyl (C=O) groups excluding carboxylic acids is 1. The molecule has 2 unspecified atom stereocenters. The van der Waals surface area contributed by atoms with Crippen LogP contribution in [0, 0.1) is 11.8 Å². The molecule has 0 aliphatic heterocycles. The molecule has 1 aromatic heterocycles. The summed E-state index contributed by atoms with van der Waals surface area (Å²) in [6, 6.07) is 1.97. The van der Waals surface area contributed by atoms with Crippen molar-refractivity contribution in [3.05, 3.63) is 18.5 Å². The van der Waals surface area contributed by atoms with Crippen LogP contribution in [0.3, 0.4) is 0 Å². The average molecular weight is 537 g/mol. The Kier molecular flexibility index (Phi) is 13.0. The van der Waals surface area contributed by atoms with Gasteiger partial charge in [-0.15, -0.1) is 24.0 Å². The Morgan fingerprint density at radius 1 is 1.30 bits per heavy atom. The number of aliphatic imine (C=N–C) groups is 1. The van der Waals surface area contributed by atoms with Crippen LogP contribution in [-0.2, 0) is 11.3 Å². The van der Waals surface area contributed by atoms with Crippen molar-refractivity contribution in [2.24, 2.45) is 16.8 Å². The van der Waals surface area contributed by atoms with Crippen molar-refractivity contribution in [2.45, 2.75) is 66.2 Å². The van der Waals surface area contributed by atoms with Gasteiger partial charge in [-0.25, -0.2) is 4.79 Å². The molecule has 8 nitrogen and oxygen atoms in total.